The summed E-state index contributed by atoms with van der Waals surface area (Å²) in [6, 6.07) is 14.4. The molecule has 0 atom stereocenters. The maximum absolute atomic E-state index is 13.8. The molecule has 244 valence electrons. The molecule has 0 saturated heterocycles. The van der Waals surface area contributed by atoms with Crippen LogP contribution in [0.3, 0.4) is 0 Å². The molecule has 0 radical (unpaired) electrons. The number of carbonyl (C=O) groups excluding carboxylic acids is 2. The number of aryl methyl sites for hydroxylation is 2. The first kappa shape index (κ1) is 33.3. The molecule has 4 aromatic rings. The van der Waals surface area contributed by atoms with E-state index in [0.29, 0.717) is 46.2 Å². The Morgan fingerprint density at radius 3 is 2.41 bits per heavy atom. The molecule has 0 N–H and O–H groups in total. The Balaban J connectivity index is 1.33. The van der Waals surface area contributed by atoms with Gasteiger partial charge in [-0.05, 0) is 70.7 Å². The molecule has 3 heterocycles. The summed E-state index contributed by atoms with van der Waals surface area (Å²) in [5.74, 6) is -0.0858. The number of aromatic nitrogens is 2. The van der Waals surface area contributed by atoms with Crippen LogP contribution in [0.15, 0.2) is 63.7 Å². The molecule has 13 heteroatoms. The third-order valence-electron chi connectivity index (χ3n) is 8.27. The normalized spacial score (nSPS) is 15.0. The van der Waals surface area contributed by atoms with Gasteiger partial charge in [0.1, 0.15) is 11.2 Å². The highest BCUT2D eigenvalue weighted by Gasteiger charge is 2.45. The molecule has 46 heavy (non-hydrogen) atoms. The van der Waals surface area contributed by atoms with Crippen LogP contribution in [0.5, 0.6) is 5.75 Å². The highest BCUT2D eigenvalue weighted by atomic mass is 32.2. The fourth-order valence-corrected chi connectivity index (χ4v) is 8.84. The number of hydrogen-bond acceptors (Lipinski definition) is 8. The lowest BCUT2D eigenvalue weighted by atomic mass is 9.90. The number of benzene rings is 2. The van der Waals surface area contributed by atoms with Crippen molar-refractivity contribution in [1.29, 1.82) is 0 Å². The van der Waals surface area contributed by atoms with Crippen molar-refractivity contribution in [2.45, 2.75) is 51.8 Å². The van der Waals surface area contributed by atoms with Crippen LogP contribution >= 0.6 is 11.3 Å². The maximum Gasteiger partial charge on any atom is 0.258 e. The fourth-order valence-electron chi connectivity index (χ4n) is 5.75. The molecule has 1 aliphatic rings. The number of thiazole rings is 1. The number of amides is 2. The highest BCUT2D eigenvalue weighted by molar-refractivity contribution is 7.91. The zero-order valence-electron chi connectivity index (χ0n) is 26.9. The van der Waals surface area contributed by atoms with Gasteiger partial charge in [-0.3, -0.25) is 14.4 Å². The lowest BCUT2D eigenvalue weighted by molar-refractivity contribution is -0.137. The van der Waals surface area contributed by atoms with E-state index in [4.69, 9.17) is 4.74 Å². The average Bonchev–Trinajstić information content (AvgIpc) is 3.37. The zero-order chi connectivity index (χ0) is 33.4. The minimum atomic E-state index is -3.90. The number of hydrogen-bond donors (Lipinski definition) is 0. The Kier molecular flexibility index (Phi) is 9.39. The van der Waals surface area contributed by atoms with Crippen molar-refractivity contribution in [3.05, 3.63) is 75.8 Å². The molecule has 11 nitrogen and oxygen atoms in total. The van der Waals surface area contributed by atoms with Gasteiger partial charge in [-0.25, -0.2) is 13.4 Å². The first-order chi connectivity index (χ1) is 21.8. The number of fused-ring (bicyclic) bond motifs is 2. The van der Waals surface area contributed by atoms with Crippen molar-refractivity contribution in [3.63, 3.8) is 0 Å². The second-order valence-corrected chi connectivity index (χ2v) is 15.1. The third-order valence-corrected chi connectivity index (χ3v) is 11.8. The Morgan fingerprint density at radius 1 is 0.978 bits per heavy atom. The summed E-state index contributed by atoms with van der Waals surface area (Å²) in [5.41, 5.74) is 0.231. The van der Waals surface area contributed by atoms with E-state index in [1.165, 1.54) is 13.8 Å². The van der Waals surface area contributed by atoms with Gasteiger partial charge < -0.3 is 19.1 Å². The molecule has 0 bridgehead atoms. The Hall–Kier alpha value is -4.07. The number of ether oxygens (including phenoxy) is 1. The highest BCUT2D eigenvalue weighted by Crippen LogP contribution is 2.40. The molecular weight excluding hydrogens is 627 g/mol. The standard InChI is InChI=1S/C33H39N5O6S2/c1-7-38-27-14-13-25(21-28(27)35(6)31(40)33(4,5)32(38)41)44-20-10-16-37(46(42,43)30-22(2)34-23(3)45-30)19-18-36-17-15-24-11-8-9-12-26(24)29(36)39/h8-9,11-15,17,21H,7,10,16,18-20H2,1-6H3. The van der Waals surface area contributed by atoms with E-state index in [-0.39, 0.29) is 47.8 Å². The van der Waals surface area contributed by atoms with E-state index in [2.05, 4.69) is 4.98 Å². The monoisotopic (exact) mass is 665 g/mol. The van der Waals surface area contributed by atoms with Crippen LogP contribution < -0.4 is 20.1 Å². The van der Waals surface area contributed by atoms with Crippen molar-refractivity contribution in [2.75, 3.05) is 43.1 Å². The summed E-state index contributed by atoms with van der Waals surface area (Å²) in [7, 11) is -2.25. The molecule has 0 saturated carbocycles. The third kappa shape index (κ3) is 6.18. The van der Waals surface area contributed by atoms with Crippen LogP contribution in [0.25, 0.3) is 10.8 Å². The van der Waals surface area contributed by atoms with Crippen LogP contribution in [0.2, 0.25) is 0 Å². The minimum absolute atomic E-state index is 0.0827. The van der Waals surface area contributed by atoms with Gasteiger partial charge in [-0.2, -0.15) is 4.31 Å². The number of nitrogens with zero attached hydrogens (tertiary/aromatic N) is 5. The summed E-state index contributed by atoms with van der Waals surface area (Å²) in [6.45, 7) is 9.59. The molecule has 2 amide bonds. The molecular formula is C33H39N5O6S2. The average molecular weight is 666 g/mol. The van der Waals surface area contributed by atoms with Crippen LogP contribution in [0, 0.1) is 19.3 Å². The maximum atomic E-state index is 13.8. The van der Waals surface area contributed by atoms with E-state index in [1.807, 2.05) is 25.1 Å². The van der Waals surface area contributed by atoms with E-state index in [9.17, 15) is 22.8 Å². The summed E-state index contributed by atoms with van der Waals surface area (Å²) in [5, 5.41) is 2.06. The van der Waals surface area contributed by atoms with E-state index < -0.39 is 15.4 Å². The number of sulfonamides is 1. The Labute approximate surface area is 273 Å². The van der Waals surface area contributed by atoms with Crippen LogP contribution in [-0.4, -0.2) is 67.4 Å². The second-order valence-electron chi connectivity index (χ2n) is 11.8. The Morgan fingerprint density at radius 2 is 1.72 bits per heavy atom. The van der Waals surface area contributed by atoms with Gasteiger partial charge in [0.05, 0.1) is 28.7 Å². The summed E-state index contributed by atoms with van der Waals surface area (Å²) in [4.78, 5) is 46.9. The van der Waals surface area contributed by atoms with Crippen molar-refractivity contribution in [2.24, 2.45) is 5.41 Å². The molecule has 0 unspecified atom stereocenters. The molecule has 2 aromatic heterocycles. The first-order valence-electron chi connectivity index (χ1n) is 15.2. The Bertz CT molecular complexity index is 1970. The smallest absolute Gasteiger partial charge is 0.258 e. The van der Waals surface area contributed by atoms with Crippen molar-refractivity contribution in [1.82, 2.24) is 13.9 Å². The summed E-state index contributed by atoms with van der Waals surface area (Å²) in [6.07, 6.45) is 2.05. The van der Waals surface area contributed by atoms with Crippen LogP contribution in [0.4, 0.5) is 11.4 Å². The second kappa shape index (κ2) is 13.0. The lowest BCUT2D eigenvalue weighted by Crippen LogP contribution is -2.47. The number of carbonyl (C=O) groups is 2. The molecule has 2 aromatic carbocycles. The van der Waals surface area contributed by atoms with Gasteiger partial charge in [0.25, 0.3) is 15.6 Å². The predicted molar refractivity (Wildman–Crippen MR) is 180 cm³/mol. The van der Waals surface area contributed by atoms with Crippen molar-refractivity contribution >= 4 is 55.3 Å². The van der Waals surface area contributed by atoms with E-state index >= 15 is 0 Å². The van der Waals surface area contributed by atoms with Gasteiger partial charge in [0, 0.05) is 50.9 Å². The molecule has 0 spiro atoms. The largest absolute Gasteiger partial charge is 0.493 e. The van der Waals surface area contributed by atoms with Crippen molar-refractivity contribution in [3.8, 4) is 5.75 Å². The van der Waals surface area contributed by atoms with Crippen molar-refractivity contribution < 1.29 is 22.7 Å². The predicted octanol–water partition coefficient (Wildman–Crippen LogP) is 4.59. The number of anilines is 2. The SMILES string of the molecule is CCN1C(=O)C(C)(C)C(=O)N(C)c2cc(OCCCN(CCn3ccc4ccccc4c3=O)S(=O)(=O)c3sc(C)nc3C)ccc21. The molecule has 1 aliphatic heterocycles. The van der Waals surface area contributed by atoms with Gasteiger partial charge in [-0.1, -0.05) is 18.2 Å². The summed E-state index contributed by atoms with van der Waals surface area (Å²) >= 11 is 1.13. The van der Waals surface area contributed by atoms with Gasteiger partial charge in [0.2, 0.25) is 11.8 Å². The minimum Gasteiger partial charge on any atom is -0.493 e. The zero-order valence-corrected chi connectivity index (χ0v) is 28.6. The number of pyridine rings is 1. The lowest BCUT2D eigenvalue weighted by Gasteiger charge is -2.27. The fraction of sp³-hybridized carbons (Fsp3) is 0.394. The molecule has 0 fully saturated rings. The quantitative estimate of drug-likeness (QED) is 0.170. The van der Waals surface area contributed by atoms with Crippen LogP contribution in [-0.2, 0) is 26.2 Å². The molecule has 5 rings (SSSR count). The van der Waals surface area contributed by atoms with Gasteiger partial charge in [0.15, 0.2) is 4.21 Å². The van der Waals surface area contributed by atoms with E-state index in [1.54, 1.807) is 76.2 Å². The van der Waals surface area contributed by atoms with Gasteiger partial charge >= 0.3 is 0 Å². The topological polar surface area (TPSA) is 122 Å². The summed E-state index contributed by atoms with van der Waals surface area (Å²) < 4.78 is 36.8. The van der Waals surface area contributed by atoms with Crippen LogP contribution in [0.1, 0.15) is 37.9 Å². The van der Waals surface area contributed by atoms with E-state index in [0.717, 1.165) is 16.7 Å². The molecule has 0 aliphatic carbocycles. The van der Waals surface area contributed by atoms with Gasteiger partial charge in [-0.15, -0.1) is 11.3 Å². The number of rotatable bonds is 11. The first-order valence-corrected chi connectivity index (χ1v) is 17.4.